The molecule has 4 unspecified atom stereocenters. The van der Waals surface area contributed by atoms with E-state index in [0.29, 0.717) is 30.9 Å². The fourth-order valence-electron chi connectivity index (χ4n) is 2.88. The van der Waals surface area contributed by atoms with Crippen molar-refractivity contribution in [1.82, 2.24) is 5.09 Å². The zero-order valence-electron chi connectivity index (χ0n) is 11.0. The first-order chi connectivity index (χ1) is 8.00. The minimum absolute atomic E-state index is 0.0789. The molecule has 0 aromatic rings. The lowest BCUT2D eigenvalue weighted by Gasteiger charge is -2.38. The zero-order valence-corrected chi connectivity index (χ0v) is 11.9. The van der Waals surface area contributed by atoms with Crippen molar-refractivity contribution in [2.75, 3.05) is 13.2 Å². The molecule has 1 aliphatic heterocycles. The van der Waals surface area contributed by atoms with Gasteiger partial charge in [0.15, 0.2) is 0 Å². The summed E-state index contributed by atoms with van der Waals surface area (Å²) in [5.41, 5.74) is 0. The molecule has 1 heterocycles. The SMILES string of the molecule is CC1CCC(C(C)C)C(O[P+]2([O-])NCCO2)C1. The van der Waals surface area contributed by atoms with E-state index in [-0.39, 0.29) is 6.10 Å². The highest BCUT2D eigenvalue weighted by Gasteiger charge is 2.43. The molecular formula is C12H24NO3P. The second kappa shape index (κ2) is 5.50. The van der Waals surface area contributed by atoms with Gasteiger partial charge in [-0.15, -0.1) is 5.09 Å². The second-order valence-electron chi connectivity index (χ2n) is 5.71. The summed E-state index contributed by atoms with van der Waals surface area (Å²) in [5.74, 6) is 1.73. The first-order valence-corrected chi connectivity index (χ1v) is 8.22. The molecule has 1 saturated heterocycles. The summed E-state index contributed by atoms with van der Waals surface area (Å²) in [5, 5.41) is 2.87. The first kappa shape index (κ1) is 13.7. The van der Waals surface area contributed by atoms with Gasteiger partial charge < -0.3 is 4.89 Å². The molecule has 0 spiro atoms. The standard InChI is InChI=1S/C12H24NO3P/c1-9(2)11-5-4-10(3)8-12(11)16-17(14)13-6-7-15-17/h9-12H,4-8H2,1-3H3,(H,13,14). The third-order valence-corrected chi connectivity index (χ3v) is 5.59. The minimum Gasteiger partial charge on any atom is -0.616 e. The maximum atomic E-state index is 12.2. The third kappa shape index (κ3) is 3.39. The summed E-state index contributed by atoms with van der Waals surface area (Å²) in [4.78, 5) is 12.2. The lowest BCUT2D eigenvalue weighted by Crippen LogP contribution is -2.37. The van der Waals surface area contributed by atoms with Crippen LogP contribution in [-0.2, 0) is 9.05 Å². The maximum Gasteiger partial charge on any atom is 0.312 e. The Hall–Kier alpha value is 0.270. The van der Waals surface area contributed by atoms with Crippen LogP contribution in [0.4, 0.5) is 0 Å². The molecule has 2 fully saturated rings. The van der Waals surface area contributed by atoms with Gasteiger partial charge in [0, 0.05) is 0 Å². The fraction of sp³-hybridized carbons (Fsp3) is 1.00. The van der Waals surface area contributed by atoms with Crippen LogP contribution in [0.1, 0.15) is 40.0 Å². The van der Waals surface area contributed by atoms with E-state index in [1.54, 1.807) is 0 Å². The average Bonchev–Trinajstić information content (AvgIpc) is 2.64. The predicted molar refractivity (Wildman–Crippen MR) is 67.1 cm³/mol. The molecule has 0 aromatic heterocycles. The first-order valence-electron chi connectivity index (χ1n) is 6.68. The maximum absolute atomic E-state index is 12.2. The fourth-order valence-corrected chi connectivity index (χ4v) is 4.40. The molecule has 4 atom stereocenters. The van der Waals surface area contributed by atoms with Crippen LogP contribution in [-0.4, -0.2) is 19.3 Å². The quantitative estimate of drug-likeness (QED) is 0.791. The Bertz CT molecular complexity index is 256. The topological polar surface area (TPSA) is 53.5 Å². The summed E-state index contributed by atoms with van der Waals surface area (Å²) in [7, 11) is -2.99. The van der Waals surface area contributed by atoms with E-state index in [1.165, 1.54) is 12.8 Å². The van der Waals surface area contributed by atoms with Crippen molar-refractivity contribution in [2.24, 2.45) is 17.8 Å². The van der Waals surface area contributed by atoms with E-state index in [9.17, 15) is 4.89 Å². The van der Waals surface area contributed by atoms with Gasteiger partial charge in [0.25, 0.3) is 0 Å². The number of hydrogen-bond donors (Lipinski definition) is 1. The Morgan fingerprint density at radius 1 is 1.41 bits per heavy atom. The van der Waals surface area contributed by atoms with E-state index in [0.717, 1.165) is 6.42 Å². The van der Waals surface area contributed by atoms with Gasteiger partial charge in [-0.3, -0.25) is 0 Å². The number of hydrogen-bond acceptors (Lipinski definition) is 4. The summed E-state index contributed by atoms with van der Waals surface area (Å²) >= 11 is 0. The molecule has 100 valence electrons. The van der Waals surface area contributed by atoms with Crippen LogP contribution in [0.15, 0.2) is 0 Å². The summed E-state index contributed by atoms with van der Waals surface area (Å²) in [6.07, 6.45) is 3.50. The number of rotatable bonds is 3. The summed E-state index contributed by atoms with van der Waals surface area (Å²) in [6.45, 7) is 7.80. The van der Waals surface area contributed by atoms with E-state index in [1.807, 2.05) is 0 Å². The van der Waals surface area contributed by atoms with Crippen molar-refractivity contribution >= 4 is 8.09 Å². The van der Waals surface area contributed by atoms with Crippen LogP contribution in [0.2, 0.25) is 0 Å². The molecular weight excluding hydrogens is 237 g/mol. The molecule has 5 heteroatoms. The van der Waals surface area contributed by atoms with Gasteiger partial charge in [-0.1, -0.05) is 27.2 Å². The smallest absolute Gasteiger partial charge is 0.312 e. The lowest BCUT2D eigenvalue weighted by atomic mass is 9.75. The number of nitrogens with one attached hydrogen (secondary N) is 1. The molecule has 1 aliphatic carbocycles. The molecule has 2 aliphatic rings. The molecule has 0 amide bonds. The molecule has 0 aromatic carbocycles. The average molecular weight is 261 g/mol. The molecule has 4 nitrogen and oxygen atoms in total. The highest BCUT2D eigenvalue weighted by molar-refractivity contribution is 7.57. The van der Waals surface area contributed by atoms with Crippen LogP contribution in [0.5, 0.6) is 0 Å². The normalized spacial score (nSPS) is 43.2. The predicted octanol–water partition coefficient (Wildman–Crippen LogP) is 2.12. The van der Waals surface area contributed by atoms with Gasteiger partial charge in [0.05, 0.1) is 6.54 Å². The van der Waals surface area contributed by atoms with Crippen molar-refractivity contribution < 1.29 is 13.9 Å². The van der Waals surface area contributed by atoms with Crippen LogP contribution in [0, 0.1) is 17.8 Å². The van der Waals surface area contributed by atoms with Crippen LogP contribution >= 0.6 is 8.09 Å². The molecule has 1 N–H and O–H groups in total. The highest BCUT2D eigenvalue weighted by atomic mass is 31.2. The van der Waals surface area contributed by atoms with E-state index in [4.69, 9.17) is 9.05 Å². The molecule has 2 rings (SSSR count). The van der Waals surface area contributed by atoms with Crippen molar-refractivity contribution in [1.29, 1.82) is 0 Å². The summed E-state index contributed by atoms with van der Waals surface area (Å²) < 4.78 is 11.0. The van der Waals surface area contributed by atoms with Gasteiger partial charge in [-0.25, -0.2) is 0 Å². The second-order valence-corrected chi connectivity index (χ2v) is 7.49. The van der Waals surface area contributed by atoms with Crippen molar-refractivity contribution in [2.45, 2.75) is 46.1 Å². The van der Waals surface area contributed by atoms with E-state index >= 15 is 0 Å². The Morgan fingerprint density at radius 3 is 2.76 bits per heavy atom. The lowest BCUT2D eigenvalue weighted by molar-refractivity contribution is -0.225. The van der Waals surface area contributed by atoms with Crippen LogP contribution < -0.4 is 9.98 Å². The van der Waals surface area contributed by atoms with Gasteiger partial charge in [-0.2, -0.15) is 9.05 Å². The van der Waals surface area contributed by atoms with Crippen LogP contribution in [0.25, 0.3) is 0 Å². The monoisotopic (exact) mass is 261 g/mol. The Morgan fingerprint density at radius 2 is 2.18 bits per heavy atom. The highest BCUT2D eigenvalue weighted by Crippen LogP contribution is 2.54. The Kier molecular flexibility index (Phi) is 4.43. The zero-order chi connectivity index (χ0) is 12.5. The molecule has 0 radical (unpaired) electrons. The van der Waals surface area contributed by atoms with Crippen LogP contribution in [0.3, 0.4) is 0 Å². The molecule has 17 heavy (non-hydrogen) atoms. The van der Waals surface area contributed by atoms with E-state index in [2.05, 4.69) is 25.9 Å². The van der Waals surface area contributed by atoms with Crippen molar-refractivity contribution in [3.8, 4) is 0 Å². The minimum atomic E-state index is -2.99. The third-order valence-electron chi connectivity index (χ3n) is 3.90. The van der Waals surface area contributed by atoms with Gasteiger partial charge in [-0.05, 0) is 30.6 Å². The van der Waals surface area contributed by atoms with Crippen molar-refractivity contribution in [3.05, 3.63) is 0 Å². The van der Waals surface area contributed by atoms with E-state index < -0.39 is 8.09 Å². The Labute approximate surface area is 105 Å². The summed E-state index contributed by atoms with van der Waals surface area (Å²) in [6, 6.07) is 0. The Balaban J connectivity index is 1.99. The van der Waals surface area contributed by atoms with Gasteiger partial charge >= 0.3 is 8.09 Å². The van der Waals surface area contributed by atoms with Crippen molar-refractivity contribution in [3.63, 3.8) is 0 Å². The van der Waals surface area contributed by atoms with Gasteiger partial charge in [0.2, 0.25) is 0 Å². The molecule has 0 bridgehead atoms. The van der Waals surface area contributed by atoms with Gasteiger partial charge in [0.1, 0.15) is 12.7 Å². The largest absolute Gasteiger partial charge is 0.616 e. The molecule has 1 saturated carbocycles.